The van der Waals surface area contributed by atoms with Crippen molar-refractivity contribution in [2.75, 3.05) is 0 Å². The molecule has 1 radical (unpaired) electrons. The van der Waals surface area contributed by atoms with Crippen LogP contribution in [0, 0.1) is 18.2 Å². The third-order valence-electron chi connectivity index (χ3n) is 1.49. The number of thiophene rings is 1. The van der Waals surface area contributed by atoms with Crippen molar-refractivity contribution in [3.63, 3.8) is 0 Å². The fourth-order valence-corrected chi connectivity index (χ4v) is 1.94. The third kappa shape index (κ3) is 1.84. The molecule has 1 heteroatoms. The van der Waals surface area contributed by atoms with Gasteiger partial charge < -0.3 is 0 Å². The van der Waals surface area contributed by atoms with Crippen molar-refractivity contribution < 1.29 is 0 Å². The maximum atomic E-state index is 3.15. The highest BCUT2D eigenvalue weighted by Crippen LogP contribution is 2.18. The monoisotopic (exact) mass is 153 g/mol. The van der Waals surface area contributed by atoms with Crippen molar-refractivity contribution in [1.29, 1.82) is 0 Å². The van der Waals surface area contributed by atoms with E-state index in [0.717, 1.165) is 5.92 Å². The topological polar surface area (TPSA) is 0 Å². The number of aryl methyl sites for hydroxylation is 1. The molecular formula is C9H13S. The minimum absolute atomic E-state index is 0.769. The molecule has 10 heavy (non-hydrogen) atoms. The second kappa shape index (κ2) is 3.20. The van der Waals surface area contributed by atoms with Crippen LogP contribution in [0.2, 0.25) is 0 Å². The summed E-state index contributed by atoms with van der Waals surface area (Å²) in [6.07, 6.45) is 1.21. The van der Waals surface area contributed by atoms with Crippen LogP contribution in [-0.4, -0.2) is 0 Å². The van der Waals surface area contributed by atoms with Gasteiger partial charge in [0.25, 0.3) is 0 Å². The standard InChI is InChI=1S/C9H13S/c1-7(2)6-9-8(3)4-5-10-9/h4,7H,6H2,1-3H3. The van der Waals surface area contributed by atoms with Crippen molar-refractivity contribution in [2.24, 2.45) is 5.92 Å². The van der Waals surface area contributed by atoms with Crippen LogP contribution < -0.4 is 0 Å². The zero-order valence-electron chi connectivity index (χ0n) is 6.77. The van der Waals surface area contributed by atoms with Gasteiger partial charge in [0.15, 0.2) is 0 Å². The minimum Gasteiger partial charge on any atom is -0.139 e. The zero-order chi connectivity index (χ0) is 7.56. The molecule has 1 heterocycles. The lowest BCUT2D eigenvalue weighted by Crippen LogP contribution is -1.91. The molecule has 1 rings (SSSR count). The van der Waals surface area contributed by atoms with E-state index in [1.165, 1.54) is 16.9 Å². The molecule has 0 aliphatic heterocycles. The molecule has 0 saturated heterocycles. The summed E-state index contributed by atoms with van der Waals surface area (Å²) < 4.78 is 0. The summed E-state index contributed by atoms with van der Waals surface area (Å²) in [5.74, 6) is 0.769. The van der Waals surface area contributed by atoms with E-state index in [9.17, 15) is 0 Å². The molecule has 0 bridgehead atoms. The van der Waals surface area contributed by atoms with Crippen LogP contribution in [0.5, 0.6) is 0 Å². The molecule has 0 aliphatic carbocycles. The molecule has 0 amide bonds. The maximum absolute atomic E-state index is 3.15. The molecule has 55 valence electrons. The van der Waals surface area contributed by atoms with Gasteiger partial charge in [0.1, 0.15) is 0 Å². The summed E-state index contributed by atoms with van der Waals surface area (Å²) in [4.78, 5) is 1.50. The van der Waals surface area contributed by atoms with Gasteiger partial charge in [0.2, 0.25) is 0 Å². The van der Waals surface area contributed by atoms with Gasteiger partial charge in [-0.15, -0.1) is 11.3 Å². The zero-order valence-corrected chi connectivity index (χ0v) is 7.59. The molecule has 0 nitrogen and oxygen atoms in total. The highest BCUT2D eigenvalue weighted by atomic mass is 32.1. The smallest absolute Gasteiger partial charge is 0.0448 e. The Morgan fingerprint density at radius 3 is 2.70 bits per heavy atom. The van der Waals surface area contributed by atoms with Crippen LogP contribution in [0.25, 0.3) is 0 Å². The molecule has 0 aliphatic rings. The Morgan fingerprint density at radius 2 is 2.30 bits per heavy atom. The summed E-state index contributed by atoms with van der Waals surface area (Å²) in [7, 11) is 0. The van der Waals surface area contributed by atoms with Crippen LogP contribution in [0.4, 0.5) is 0 Å². The molecule has 0 aromatic carbocycles. The van der Waals surface area contributed by atoms with Gasteiger partial charge in [-0.25, -0.2) is 0 Å². The molecule has 0 atom stereocenters. The fourth-order valence-electron chi connectivity index (χ4n) is 0.923. The summed E-state index contributed by atoms with van der Waals surface area (Å²) in [5, 5.41) is 3.15. The van der Waals surface area contributed by atoms with E-state index in [2.05, 4.69) is 32.2 Å². The molecular weight excluding hydrogens is 140 g/mol. The van der Waals surface area contributed by atoms with Crippen LogP contribution >= 0.6 is 11.3 Å². The van der Waals surface area contributed by atoms with Gasteiger partial charge in [0, 0.05) is 10.3 Å². The van der Waals surface area contributed by atoms with Crippen molar-refractivity contribution in [3.05, 3.63) is 21.9 Å². The summed E-state index contributed by atoms with van der Waals surface area (Å²) in [6, 6.07) is 2.07. The second-order valence-corrected chi connectivity index (χ2v) is 4.00. The normalized spacial score (nSPS) is 10.8. The Morgan fingerprint density at radius 1 is 1.60 bits per heavy atom. The highest BCUT2D eigenvalue weighted by molar-refractivity contribution is 7.09. The average molecular weight is 153 g/mol. The van der Waals surface area contributed by atoms with Gasteiger partial charge in [-0.3, -0.25) is 0 Å². The second-order valence-electron chi connectivity index (χ2n) is 3.07. The molecule has 1 aromatic rings. The number of hydrogen-bond donors (Lipinski definition) is 0. The van der Waals surface area contributed by atoms with Crippen molar-refractivity contribution in [1.82, 2.24) is 0 Å². The Bertz CT molecular complexity index is 198. The Balaban J connectivity index is 2.65. The summed E-state index contributed by atoms with van der Waals surface area (Å²) in [6.45, 7) is 6.66. The molecule has 1 aromatic heterocycles. The lowest BCUT2D eigenvalue weighted by atomic mass is 10.1. The first-order valence-electron chi connectivity index (χ1n) is 3.65. The number of hydrogen-bond acceptors (Lipinski definition) is 1. The molecule has 0 saturated carbocycles. The predicted molar refractivity (Wildman–Crippen MR) is 46.4 cm³/mol. The van der Waals surface area contributed by atoms with E-state index in [1.54, 1.807) is 11.3 Å². The highest BCUT2D eigenvalue weighted by Gasteiger charge is 2.01. The maximum Gasteiger partial charge on any atom is 0.0448 e. The Hall–Kier alpha value is -0.300. The Labute approximate surface area is 66.9 Å². The van der Waals surface area contributed by atoms with Crippen molar-refractivity contribution in [2.45, 2.75) is 27.2 Å². The summed E-state index contributed by atoms with van der Waals surface area (Å²) in [5.41, 5.74) is 1.40. The van der Waals surface area contributed by atoms with Gasteiger partial charge in [-0.2, -0.15) is 0 Å². The first kappa shape index (κ1) is 7.80. The average Bonchev–Trinajstić information content (AvgIpc) is 2.15. The summed E-state index contributed by atoms with van der Waals surface area (Å²) >= 11 is 1.75. The van der Waals surface area contributed by atoms with E-state index in [-0.39, 0.29) is 0 Å². The van der Waals surface area contributed by atoms with Crippen LogP contribution in [0.1, 0.15) is 24.3 Å². The predicted octanol–water partition coefficient (Wildman–Crippen LogP) is 3.06. The lowest BCUT2D eigenvalue weighted by Gasteiger charge is -2.01. The van der Waals surface area contributed by atoms with E-state index < -0.39 is 0 Å². The Kier molecular flexibility index (Phi) is 2.50. The van der Waals surface area contributed by atoms with Crippen LogP contribution in [0.15, 0.2) is 6.07 Å². The minimum atomic E-state index is 0.769. The van der Waals surface area contributed by atoms with Crippen LogP contribution in [0.3, 0.4) is 0 Å². The molecule has 0 spiro atoms. The molecule has 0 fully saturated rings. The van der Waals surface area contributed by atoms with Crippen molar-refractivity contribution >= 4 is 11.3 Å². The molecule has 0 N–H and O–H groups in total. The lowest BCUT2D eigenvalue weighted by molar-refractivity contribution is 0.652. The fraction of sp³-hybridized carbons (Fsp3) is 0.556. The van der Waals surface area contributed by atoms with Gasteiger partial charge in [0.05, 0.1) is 0 Å². The third-order valence-corrected chi connectivity index (χ3v) is 2.46. The van der Waals surface area contributed by atoms with Gasteiger partial charge in [-0.05, 0) is 30.9 Å². The largest absolute Gasteiger partial charge is 0.139 e. The van der Waals surface area contributed by atoms with Gasteiger partial charge >= 0.3 is 0 Å². The SMILES string of the molecule is Cc1c[c]sc1CC(C)C. The van der Waals surface area contributed by atoms with E-state index in [0.29, 0.717) is 0 Å². The first-order valence-corrected chi connectivity index (χ1v) is 4.47. The quantitative estimate of drug-likeness (QED) is 0.612. The first-order chi connectivity index (χ1) is 4.70. The van der Waals surface area contributed by atoms with E-state index in [4.69, 9.17) is 0 Å². The number of rotatable bonds is 2. The van der Waals surface area contributed by atoms with E-state index >= 15 is 0 Å². The van der Waals surface area contributed by atoms with Crippen LogP contribution in [-0.2, 0) is 6.42 Å². The van der Waals surface area contributed by atoms with E-state index in [1.807, 2.05) is 0 Å². The van der Waals surface area contributed by atoms with Crippen molar-refractivity contribution in [3.8, 4) is 0 Å². The molecule has 0 unspecified atom stereocenters. The van der Waals surface area contributed by atoms with Gasteiger partial charge in [-0.1, -0.05) is 13.8 Å².